The third-order valence-electron chi connectivity index (χ3n) is 4.51. The first-order chi connectivity index (χ1) is 12.2. The number of aliphatic hydroxyl groups excluding tert-OH is 1. The van der Waals surface area contributed by atoms with Gasteiger partial charge in [0.2, 0.25) is 0 Å². The fourth-order valence-corrected chi connectivity index (χ4v) is 3.31. The zero-order valence-corrected chi connectivity index (χ0v) is 16.6. The summed E-state index contributed by atoms with van der Waals surface area (Å²) < 4.78 is 6.35. The maximum Gasteiger partial charge on any atom is 0.170 e. The molecule has 0 aliphatic carbocycles. The highest BCUT2D eigenvalue weighted by Gasteiger charge is 2.26. The van der Waals surface area contributed by atoms with Gasteiger partial charge in [-0.05, 0) is 24.1 Å². The molecule has 0 spiro atoms. The Balaban J connectivity index is 2.04. The van der Waals surface area contributed by atoms with E-state index in [-0.39, 0.29) is 6.04 Å². The molecule has 0 aromatic heterocycles. The van der Waals surface area contributed by atoms with Crippen LogP contribution in [-0.4, -0.2) is 81.8 Å². The second-order valence-corrected chi connectivity index (χ2v) is 7.23. The highest BCUT2D eigenvalue weighted by Crippen LogP contribution is 2.16. The van der Waals surface area contributed by atoms with Gasteiger partial charge in [-0.15, -0.1) is 0 Å². The summed E-state index contributed by atoms with van der Waals surface area (Å²) in [7, 11) is 1.57. The van der Waals surface area contributed by atoms with Crippen molar-refractivity contribution in [1.29, 1.82) is 0 Å². The van der Waals surface area contributed by atoms with Crippen molar-refractivity contribution < 1.29 is 9.84 Å². The van der Waals surface area contributed by atoms with Crippen LogP contribution in [0.2, 0.25) is 0 Å². The zero-order chi connectivity index (χ0) is 17.9. The lowest BCUT2D eigenvalue weighted by atomic mass is 10.0. The van der Waals surface area contributed by atoms with Gasteiger partial charge in [0.1, 0.15) is 0 Å². The number of hydrogen-bond donors (Lipinski definition) is 4. The second kappa shape index (κ2) is 12.0. The van der Waals surface area contributed by atoms with Gasteiger partial charge in [0.25, 0.3) is 0 Å². The van der Waals surface area contributed by atoms with Gasteiger partial charge in [-0.2, -0.15) is 0 Å². The van der Waals surface area contributed by atoms with Crippen molar-refractivity contribution in [1.82, 2.24) is 20.9 Å². The van der Waals surface area contributed by atoms with E-state index in [1.165, 1.54) is 5.56 Å². The molecule has 1 fully saturated rings. The molecule has 7 heteroatoms. The topological polar surface area (TPSA) is 68.8 Å². The van der Waals surface area contributed by atoms with Crippen molar-refractivity contribution in [2.45, 2.75) is 18.8 Å². The molecule has 6 nitrogen and oxygen atoms in total. The molecule has 142 valence electrons. The molecule has 2 unspecified atom stereocenters. The average molecular weight is 415 g/mol. The van der Waals surface area contributed by atoms with Crippen LogP contribution in [0.15, 0.2) is 28.7 Å². The van der Waals surface area contributed by atoms with Gasteiger partial charge in [-0.3, -0.25) is 4.90 Å². The second-order valence-electron chi connectivity index (χ2n) is 6.31. The summed E-state index contributed by atoms with van der Waals surface area (Å²) in [6.07, 6.45) is -0.0534. The molecule has 4 N–H and O–H groups in total. The zero-order valence-electron chi connectivity index (χ0n) is 15.0. The number of nitrogens with one attached hydrogen (secondary N) is 3. The van der Waals surface area contributed by atoms with Gasteiger partial charge in [0.05, 0.1) is 6.04 Å². The first-order valence-corrected chi connectivity index (χ1v) is 9.81. The van der Waals surface area contributed by atoms with E-state index in [1.54, 1.807) is 7.11 Å². The van der Waals surface area contributed by atoms with E-state index in [1.807, 2.05) is 12.1 Å². The van der Waals surface area contributed by atoms with E-state index in [0.717, 1.165) is 63.3 Å². The molecule has 1 aromatic rings. The molecule has 1 saturated heterocycles. The molecule has 0 radical (unpaired) electrons. The smallest absolute Gasteiger partial charge is 0.170 e. The van der Waals surface area contributed by atoms with E-state index in [0.29, 0.717) is 0 Å². The number of ether oxygens (including phenoxy) is 1. The molecule has 1 aromatic carbocycles. The normalized spacial score (nSPS) is 21.1. The number of nitrogens with zero attached hydrogens (tertiary/aromatic N) is 1. The van der Waals surface area contributed by atoms with Gasteiger partial charge >= 0.3 is 0 Å². The lowest BCUT2D eigenvalue weighted by Gasteiger charge is -2.34. The van der Waals surface area contributed by atoms with E-state index >= 15 is 0 Å². The van der Waals surface area contributed by atoms with E-state index < -0.39 is 6.29 Å². The van der Waals surface area contributed by atoms with Gasteiger partial charge in [0, 0.05) is 63.9 Å². The minimum absolute atomic E-state index is 0.0733. The lowest BCUT2D eigenvalue weighted by Crippen LogP contribution is -2.51. The number of rotatable bonds is 5. The minimum Gasteiger partial charge on any atom is -0.367 e. The van der Waals surface area contributed by atoms with Crippen LogP contribution in [0.5, 0.6) is 0 Å². The Kier molecular flexibility index (Phi) is 9.93. The first kappa shape index (κ1) is 20.8. The quantitative estimate of drug-likeness (QED) is 0.523. The summed E-state index contributed by atoms with van der Waals surface area (Å²) >= 11 is 3.47. The number of benzene rings is 1. The number of halogens is 1. The third kappa shape index (κ3) is 7.70. The van der Waals surface area contributed by atoms with Crippen LogP contribution in [0.1, 0.15) is 5.56 Å². The summed E-state index contributed by atoms with van der Waals surface area (Å²) in [4.78, 5) is 2.32. The van der Waals surface area contributed by atoms with Gasteiger partial charge in [0.15, 0.2) is 6.29 Å². The molecular formula is C18H31BrN4O2. The van der Waals surface area contributed by atoms with E-state index in [2.05, 4.69) is 48.9 Å². The van der Waals surface area contributed by atoms with E-state index in [4.69, 9.17) is 4.74 Å². The van der Waals surface area contributed by atoms with Crippen LogP contribution in [-0.2, 0) is 11.2 Å². The SMILES string of the molecule is COC(O)C(Cc1ccc(Br)cc1)N1CCNCCNCCNCC1. The predicted molar refractivity (Wildman–Crippen MR) is 105 cm³/mol. The number of hydrogen-bond acceptors (Lipinski definition) is 6. The molecule has 2 rings (SSSR count). The van der Waals surface area contributed by atoms with Crippen LogP contribution < -0.4 is 16.0 Å². The lowest BCUT2D eigenvalue weighted by molar-refractivity contribution is -0.124. The molecule has 2 atom stereocenters. The Labute approximate surface area is 159 Å². The Morgan fingerprint density at radius 2 is 1.52 bits per heavy atom. The Morgan fingerprint density at radius 3 is 2.04 bits per heavy atom. The predicted octanol–water partition coefficient (Wildman–Crippen LogP) is 0.409. The van der Waals surface area contributed by atoms with Crippen molar-refractivity contribution in [2.24, 2.45) is 0 Å². The standard InChI is InChI=1S/C18H31BrN4O2/c1-25-18(24)17(14-15-2-4-16(19)5-3-15)23-12-10-21-8-6-20-7-9-22-11-13-23/h2-5,17-18,20-22,24H,6-14H2,1H3. The highest BCUT2D eigenvalue weighted by atomic mass is 79.9. The summed E-state index contributed by atoms with van der Waals surface area (Å²) in [5.74, 6) is 0. The average Bonchev–Trinajstić information content (AvgIpc) is 2.61. The van der Waals surface area contributed by atoms with Crippen LogP contribution in [0.4, 0.5) is 0 Å². The molecule has 0 bridgehead atoms. The molecule has 1 aliphatic rings. The Hall–Kier alpha value is -0.540. The van der Waals surface area contributed by atoms with Gasteiger partial charge in [-0.1, -0.05) is 28.1 Å². The van der Waals surface area contributed by atoms with Crippen molar-refractivity contribution in [3.8, 4) is 0 Å². The van der Waals surface area contributed by atoms with Crippen molar-refractivity contribution >= 4 is 15.9 Å². The third-order valence-corrected chi connectivity index (χ3v) is 5.04. The van der Waals surface area contributed by atoms with Crippen molar-refractivity contribution in [3.63, 3.8) is 0 Å². The summed E-state index contributed by atoms with van der Waals surface area (Å²) in [6.45, 7) is 7.42. The minimum atomic E-state index is -0.807. The Morgan fingerprint density at radius 1 is 1.00 bits per heavy atom. The summed E-state index contributed by atoms with van der Waals surface area (Å²) in [6, 6.07) is 8.20. The summed E-state index contributed by atoms with van der Waals surface area (Å²) in [5, 5.41) is 20.8. The highest BCUT2D eigenvalue weighted by molar-refractivity contribution is 9.10. The molecule has 25 heavy (non-hydrogen) atoms. The maximum atomic E-state index is 10.5. The fraction of sp³-hybridized carbons (Fsp3) is 0.667. The monoisotopic (exact) mass is 414 g/mol. The van der Waals surface area contributed by atoms with Crippen molar-refractivity contribution in [3.05, 3.63) is 34.3 Å². The molecule has 0 amide bonds. The maximum absolute atomic E-state index is 10.5. The van der Waals surface area contributed by atoms with Gasteiger partial charge < -0.3 is 25.8 Å². The van der Waals surface area contributed by atoms with E-state index in [9.17, 15) is 5.11 Å². The molecule has 1 heterocycles. The largest absolute Gasteiger partial charge is 0.367 e. The van der Waals surface area contributed by atoms with Crippen LogP contribution in [0.3, 0.4) is 0 Å². The van der Waals surface area contributed by atoms with Crippen LogP contribution >= 0.6 is 15.9 Å². The molecule has 0 saturated carbocycles. The molecule has 1 aliphatic heterocycles. The van der Waals surface area contributed by atoms with Crippen LogP contribution in [0.25, 0.3) is 0 Å². The number of methoxy groups -OCH3 is 1. The van der Waals surface area contributed by atoms with Crippen LogP contribution in [0, 0.1) is 0 Å². The first-order valence-electron chi connectivity index (χ1n) is 9.02. The molecular weight excluding hydrogens is 384 g/mol. The Bertz CT molecular complexity index is 463. The number of aliphatic hydroxyl groups is 1. The van der Waals surface area contributed by atoms with Gasteiger partial charge in [-0.25, -0.2) is 0 Å². The summed E-state index contributed by atoms with van der Waals surface area (Å²) in [5.41, 5.74) is 1.19. The van der Waals surface area contributed by atoms with Crippen molar-refractivity contribution in [2.75, 3.05) is 59.5 Å². The fourth-order valence-electron chi connectivity index (χ4n) is 3.05.